The Labute approximate surface area is 220 Å². The number of methoxy groups -OCH3 is 1. The summed E-state index contributed by atoms with van der Waals surface area (Å²) in [4.78, 5) is 20.2. The number of amidine groups is 1. The first-order valence-corrected chi connectivity index (χ1v) is 12.4. The normalized spacial score (nSPS) is 14.6. The molecule has 0 radical (unpaired) electrons. The van der Waals surface area contributed by atoms with E-state index in [2.05, 4.69) is 25.1 Å². The van der Waals surface area contributed by atoms with Gasteiger partial charge in [0, 0.05) is 12.7 Å². The number of anilines is 1. The van der Waals surface area contributed by atoms with E-state index in [1.807, 2.05) is 0 Å². The molecule has 0 spiro atoms. The summed E-state index contributed by atoms with van der Waals surface area (Å²) in [6.45, 7) is -1.50. The minimum atomic E-state index is -5.79. The van der Waals surface area contributed by atoms with Gasteiger partial charge in [-0.2, -0.15) is 21.6 Å². The number of amides is 1. The number of fused-ring (bicyclic) bond motifs is 1. The summed E-state index contributed by atoms with van der Waals surface area (Å²) in [7, 11) is -4.89. The quantitative estimate of drug-likeness (QED) is 0.432. The van der Waals surface area contributed by atoms with Gasteiger partial charge in [-0.05, 0) is 17.7 Å². The zero-order chi connectivity index (χ0) is 28.7. The van der Waals surface area contributed by atoms with Crippen molar-refractivity contribution in [3.63, 3.8) is 0 Å². The number of aromatic nitrogens is 3. The van der Waals surface area contributed by atoms with Crippen LogP contribution in [0.25, 0.3) is 5.78 Å². The fraction of sp³-hybridized carbons (Fsp3) is 0.300. The lowest BCUT2D eigenvalue weighted by molar-refractivity contribution is -0.0477. The molecule has 0 atom stereocenters. The van der Waals surface area contributed by atoms with Crippen molar-refractivity contribution < 1.29 is 44.3 Å². The smallest absolute Gasteiger partial charge is 0.467 e. The minimum Gasteiger partial charge on any atom is -0.467 e. The Morgan fingerprint density at radius 1 is 1.26 bits per heavy atom. The molecule has 11 nitrogen and oxygen atoms in total. The molecule has 0 unspecified atom stereocenters. The first kappa shape index (κ1) is 28.2. The van der Waals surface area contributed by atoms with Gasteiger partial charge in [-0.1, -0.05) is 17.7 Å². The molecule has 0 bridgehead atoms. The van der Waals surface area contributed by atoms with E-state index in [-0.39, 0.29) is 32.9 Å². The third-order valence-electron chi connectivity index (χ3n) is 5.34. The number of benzene rings is 1. The van der Waals surface area contributed by atoms with E-state index < -0.39 is 64.2 Å². The predicted molar refractivity (Wildman–Crippen MR) is 124 cm³/mol. The molecule has 4 rings (SSSR count). The molecule has 0 aliphatic carbocycles. The molecular weight excluding hydrogens is 584 g/mol. The number of alkyl halides is 5. The number of hydrazone groups is 1. The second-order valence-electron chi connectivity index (χ2n) is 7.79. The molecule has 39 heavy (non-hydrogen) atoms. The zero-order valence-corrected chi connectivity index (χ0v) is 21.0. The number of hydrogen-bond acceptors (Lipinski definition) is 8. The second-order valence-corrected chi connectivity index (χ2v) is 10.1. The van der Waals surface area contributed by atoms with Gasteiger partial charge in [-0.3, -0.25) is 14.2 Å². The van der Waals surface area contributed by atoms with E-state index in [4.69, 9.17) is 11.6 Å². The predicted octanol–water partition coefficient (Wildman–Crippen LogP) is 3.28. The Balaban J connectivity index is 1.53. The van der Waals surface area contributed by atoms with Crippen LogP contribution >= 0.6 is 11.6 Å². The lowest BCUT2D eigenvalue weighted by Gasteiger charge is -2.32. The highest BCUT2D eigenvalue weighted by atomic mass is 35.5. The molecular formula is C20H16ClF6N7O4S. The van der Waals surface area contributed by atoms with Gasteiger partial charge in [0.2, 0.25) is 5.78 Å². The monoisotopic (exact) mass is 599 g/mol. The fourth-order valence-corrected chi connectivity index (χ4v) is 4.63. The molecule has 3 heterocycles. The van der Waals surface area contributed by atoms with Gasteiger partial charge < -0.3 is 10.1 Å². The van der Waals surface area contributed by atoms with E-state index >= 15 is 0 Å². The molecule has 19 heteroatoms. The summed E-state index contributed by atoms with van der Waals surface area (Å²) in [5.41, 5.74) is -7.00. The summed E-state index contributed by atoms with van der Waals surface area (Å²) in [6.07, 6.45) is -0.757. The van der Waals surface area contributed by atoms with Crippen molar-refractivity contribution in [2.75, 3.05) is 25.2 Å². The van der Waals surface area contributed by atoms with E-state index in [9.17, 15) is 39.6 Å². The maximum atomic E-state index is 14.9. The van der Waals surface area contributed by atoms with Crippen LogP contribution in [0.2, 0.25) is 5.02 Å². The SMILES string of the molecule is COC1=NN(c2ccc(CNC(=O)c3c(C(F)F)nc4ncc(Cl)cn34)cc2F)CCN1S(=O)(=O)C(F)(F)F. The lowest BCUT2D eigenvalue weighted by Crippen LogP contribution is -2.51. The fourth-order valence-electron chi connectivity index (χ4n) is 3.59. The van der Waals surface area contributed by atoms with Gasteiger partial charge in [0.15, 0.2) is 0 Å². The average Bonchev–Trinajstić information content (AvgIpc) is 3.25. The molecule has 1 aliphatic rings. The van der Waals surface area contributed by atoms with Crippen molar-refractivity contribution in [2.45, 2.75) is 18.5 Å². The van der Waals surface area contributed by atoms with Crippen LogP contribution in [0.15, 0.2) is 35.7 Å². The number of nitrogens with one attached hydrogen (secondary N) is 1. The van der Waals surface area contributed by atoms with Crippen molar-refractivity contribution in [1.82, 2.24) is 24.0 Å². The van der Waals surface area contributed by atoms with Gasteiger partial charge >= 0.3 is 21.6 Å². The number of halogens is 7. The van der Waals surface area contributed by atoms with Crippen LogP contribution in [0, 0.1) is 5.82 Å². The number of carbonyl (C=O) groups excluding carboxylic acids is 1. The Morgan fingerprint density at radius 2 is 1.97 bits per heavy atom. The Kier molecular flexibility index (Phi) is 7.53. The van der Waals surface area contributed by atoms with Crippen molar-refractivity contribution in [3.8, 4) is 0 Å². The van der Waals surface area contributed by atoms with Gasteiger partial charge in [-0.25, -0.2) is 27.4 Å². The van der Waals surface area contributed by atoms with Crippen molar-refractivity contribution >= 4 is 45.0 Å². The van der Waals surface area contributed by atoms with Crippen LogP contribution in [0.4, 0.5) is 32.0 Å². The Morgan fingerprint density at radius 3 is 2.59 bits per heavy atom. The highest BCUT2D eigenvalue weighted by molar-refractivity contribution is 7.90. The topological polar surface area (TPSA) is 121 Å². The van der Waals surface area contributed by atoms with Crippen LogP contribution in [-0.2, 0) is 21.3 Å². The third kappa shape index (κ3) is 5.38. The molecule has 1 aliphatic heterocycles. The first-order chi connectivity index (χ1) is 18.2. The highest BCUT2D eigenvalue weighted by Gasteiger charge is 2.52. The number of sulfonamides is 1. The molecule has 0 fully saturated rings. The largest absolute Gasteiger partial charge is 0.516 e. The van der Waals surface area contributed by atoms with Crippen LogP contribution in [0.3, 0.4) is 0 Å². The van der Waals surface area contributed by atoms with Crippen LogP contribution < -0.4 is 10.3 Å². The van der Waals surface area contributed by atoms with Crippen molar-refractivity contribution in [1.29, 1.82) is 0 Å². The minimum absolute atomic E-state index is 0.0588. The van der Waals surface area contributed by atoms with Gasteiger partial charge in [-0.15, -0.1) is 5.10 Å². The van der Waals surface area contributed by atoms with Crippen molar-refractivity contribution in [3.05, 3.63) is 58.4 Å². The van der Waals surface area contributed by atoms with Crippen LogP contribution in [-0.4, -0.2) is 64.7 Å². The first-order valence-electron chi connectivity index (χ1n) is 10.6. The number of nitrogens with zero attached hydrogens (tertiary/aromatic N) is 6. The van der Waals surface area contributed by atoms with Crippen LogP contribution in [0.5, 0.6) is 0 Å². The summed E-state index contributed by atoms with van der Waals surface area (Å²) in [5, 5.41) is 7.00. The maximum Gasteiger partial charge on any atom is 0.516 e. The molecule has 1 N–H and O–H groups in total. The number of hydrogen-bond donors (Lipinski definition) is 1. The maximum absolute atomic E-state index is 14.9. The lowest BCUT2D eigenvalue weighted by atomic mass is 10.2. The molecule has 2 aromatic heterocycles. The van der Waals surface area contributed by atoms with Crippen molar-refractivity contribution in [2.24, 2.45) is 5.10 Å². The third-order valence-corrected chi connectivity index (χ3v) is 7.04. The Hall–Kier alpha value is -3.80. The number of ether oxygens (including phenoxy) is 1. The standard InChI is InChI=1S/C20H16ClF6N7O4S/c1-38-19-31-33(4-5-34(19)39(36,37)20(25,26)27)13-3-2-10(6-12(13)22)7-28-17(35)15-14(16(23)24)30-18-29-8-11(21)9-32(15)18/h2-3,6,8-9,16H,4-5,7H2,1H3,(H,28,35). The molecule has 3 aromatic rings. The van der Waals surface area contributed by atoms with E-state index in [0.29, 0.717) is 0 Å². The summed E-state index contributed by atoms with van der Waals surface area (Å²) in [6, 6.07) is 2.56. The van der Waals surface area contributed by atoms with E-state index in [0.717, 1.165) is 22.6 Å². The Bertz CT molecular complexity index is 1560. The highest BCUT2D eigenvalue weighted by Crippen LogP contribution is 2.30. The zero-order valence-electron chi connectivity index (χ0n) is 19.5. The van der Waals surface area contributed by atoms with Gasteiger partial charge in [0.1, 0.15) is 17.2 Å². The number of imidazole rings is 1. The second kappa shape index (κ2) is 10.4. The van der Waals surface area contributed by atoms with Crippen LogP contribution in [0.1, 0.15) is 28.2 Å². The molecule has 1 amide bonds. The molecule has 210 valence electrons. The summed E-state index contributed by atoms with van der Waals surface area (Å²) < 4.78 is 110. The van der Waals surface area contributed by atoms with Gasteiger partial charge in [0.05, 0.1) is 37.1 Å². The summed E-state index contributed by atoms with van der Waals surface area (Å²) >= 11 is 5.85. The average molecular weight is 600 g/mol. The number of rotatable bonds is 6. The van der Waals surface area contributed by atoms with E-state index in [1.54, 1.807) is 0 Å². The van der Waals surface area contributed by atoms with E-state index in [1.165, 1.54) is 24.5 Å². The number of carbonyl (C=O) groups is 1. The summed E-state index contributed by atoms with van der Waals surface area (Å²) in [5.74, 6) is -2.08. The molecule has 0 saturated heterocycles. The molecule has 1 aromatic carbocycles. The molecule has 0 saturated carbocycles. The van der Waals surface area contributed by atoms with Gasteiger partial charge in [0.25, 0.3) is 12.3 Å².